The molecule has 1 aliphatic carbocycles. The van der Waals surface area contributed by atoms with Crippen LogP contribution in [-0.4, -0.2) is 17.2 Å². The van der Waals surface area contributed by atoms with Gasteiger partial charge in [0.1, 0.15) is 11.4 Å². The number of rotatable bonds is 5. The van der Waals surface area contributed by atoms with Crippen molar-refractivity contribution in [1.82, 2.24) is 5.32 Å². The first kappa shape index (κ1) is 15.2. The van der Waals surface area contributed by atoms with Crippen LogP contribution in [0.15, 0.2) is 24.3 Å². The maximum absolute atomic E-state index is 12.8. The van der Waals surface area contributed by atoms with E-state index >= 15 is 0 Å². The fraction of sp³-hybridized carbons (Fsp3) is 0.438. The molecule has 1 aromatic carbocycles. The summed E-state index contributed by atoms with van der Waals surface area (Å²) < 4.78 is 12.8. The Bertz CT molecular complexity index is 569. The molecule has 0 aliphatic heterocycles. The van der Waals surface area contributed by atoms with Gasteiger partial charge in [-0.05, 0) is 49.9 Å². The molecule has 0 bridgehead atoms. The molecule has 0 unspecified atom stereocenters. The van der Waals surface area contributed by atoms with Crippen LogP contribution in [-0.2, 0) is 4.79 Å². The highest BCUT2D eigenvalue weighted by Gasteiger charge is 2.35. The molecule has 4 nitrogen and oxygen atoms in total. The molecule has 1 N–H and O–H groups in total. The van der Waals surface area contributed by atoms with Gasteiger partial charge in [0.05, 0.1) is 6.07 Å². The van der Waals surface area contributed by atoms with Gasteiger partial charge in [-0.25, -0.2) is 4.39 Å². The van der Waals surface area contributed by atoms with Gasteiger partial charge in [0.15, 0.2) is 5.78 Å². The first-order valence-corrected chi connectivity index (χ1v) is 7.06. The van der Waals surface area contributed by atoms with Crippen molar-refractivity contribution in [2.24, 2.45) is 0 Å². The second-order valence-electron chi connectivity index (χ2n) is 5.38. The molecule has 0 spiro atoms. The van der Waals surface area contributed by atoms with Crippen molar-refractivity contribution in [3.63, 3.8) is 0 Å². The van der Waals surface area contributed by atoms with Gasteiger partial charge in [-0.3, -0.25) is 9.59 Å². The zero-order chi connectivity index (χ0) is 15.3. The summed E-state index contributed by atoms with van der Waals surface area (Å²) in [6.07, 6.45) is 3.30. The van der Waals surface area contributed by atoms with Crippen molar-refractivity contribution in [2.45, 2.75) is 44.1 Å². The van der Waals surface area contributed by atoms with E-state index < -0.39 is 11.4 Å². The second kappa shape index (κ2) is 6.49. The van der Waals surface area contributed by atoms with Crippen LogP contribution in [0.3, 0.4) is 0 Å². The molecule has 0 aromatic heterocycles. The number of nitrogens with zero attached hydrogens (tertiary/aromatic N) is 1. The van der Waals surface area contributed by atoms with Crippen LogP contribution in [0, 0.1) is 17.1 Å². The standard InChI is InChI=1S/C16H17FN2O2/c17-13-5-3-12(4-6-13)14(20)7-8-15(21)19-16(11-18)9-1-2-10-16/h3-6H,1-2,7-10H2,(H,19,21). The number of nitrogens with one attached hydrogen (secondary N) is 1. The number of ketones is 1. The fourth-order valence-electron chi connectivity index (χ4n) is 2.58. The van der Waals surface area contributed by atoms with Gasteiger partial charge < -0.3 is 5.32 Å². The predicted octanol–water partition coefficient (Wildman–Crippen LogP) is 2.74. The third-order valence-electron chi connectivity index (χ3n) is 3.80. The SMILES string of the molecule is N#CC1(NC(=O)CCC(=O)c2ccc(F)cc2)CCCC1. The van der Waals surface area contributed by atoms with Crippen molar-refractivity contribution in [3.8, 4) is 6.07 Å². The van der Waals surface area contributed by atoms with E-state index in [9.17, 15) is 19.2 Å². The molecule has 110 valence electrons. The molecular formula is C16H17FN2O2. The van der Waals surface area contributed by atoms with Crippen LogP contribution < -0.4 is 5.32 Å². The number of Topliss-reactive ketones (excluding diaryl/α,β-unsaturated/α-hetero) is 1. The van der Waals surface area contributed by atoms with Gasteiger partial charge in [0.2, 0.25) is 5.91 Å². The maximum Gasteiger partial charge on any atom is 0.221 e. The Morgan fingerprint density at radius 1 is 1.19 bits per heavy atom. The third kappa shape index (κ3) is 3.88. The fourth-order valence-corrected chi connectivity index (χ4v) is 2.58. The van der Waals surface area contributed by atoms with Gasteiger partial charge in [-0.15, -0.1) is 0 Å². The molecule has 1 saturated carbocycles. The highest BCUT2D eigenvalue weighted by atomic mass is 19.1. The molecule has 5 heteroatoms. The molecule has 21 heavy (non-hydrogen) atoms. The van der Waals surface area contributed by atoms with Crippen molar-refractivity contribution in [1.29, 1.82) is 5.26 Å². The number of hydrogen-bond donors (Lipinski definition) is 1. The average Bonchev–Trinajstić information content (AvgIpc) is 2.94. The Balaban J connectivity index is 1.85. The van der Waals surface area contributed by atoms with E-state index in [0.717, 1.165) is 12.8 Å². The Morgan fingerprint density at radius 3 is 2.38 bits per heavy atom. The summed E-state index contributed by atoms with van der Waals surface area (Å²) in [5.41, 5.74) is -0.365. The molecule has 1 aromatic rings. The summed E-state index contributed by atoms with van der Waals surface area (Å²) >= 11 is 0. The Morgan fingerprint density at radius 2 is 1.81 bits per heavy atom. The van der Waals surface area contributed by atoms with Gasteiger partial charge in [0, 0.05) is 18.4 Å². The smallest absolute Gasteiger partial charge is 0.221 e. The number of carbonyl (C=O) groups is 2. The summed E-state index contributed by atoms with van der Waals surface area (Å²) in [5, 5.41) is 11.9. The normalized spacial score (nSPS) is 16.2. The van der Waals surface area contributed by atoms with Gasteiger partial charge in [-0.2, -0.15) is 5.26 Å². The van der Waals surface area contributed by atoms with Crippen LogP contribution >= 0.6 is 0 Å². The number of halogens is 1. The Hall–Kier alpha value is -2.22. The zero-order valence-electron chi connectivity index (χ0n) is 11.7. The van der Waals surface area contributed by atoms with Crippen LogP contribution in [0.25, 0.3) is 0 Å². The summed E-state index contributed by atoms with van der Waals surface area (Å²) in [4.78, 5) is 23.8. The average molecular weight is 288 g/mol. The van der Waals surface area contributed by atoms with Crippen LogP contribution in [0.4, 0.5) is 4.39 Å². The van der Waals surface area contributed by atoms with E-state index in [-0.39, 0.29) is 24.5 Å². The van der Waals surface area contributed by atoms with E-state index in [2.05, 4.69) is 11.4 Å². The summed E-state index contributed by atoms with van der Waals surface area (Å²) in [6, 6.07) is 7.42. The number of benzene rings is 1. The summed E-state index contributed by atoms with van der Waals surface area (Å²) in [5.74, 6) is -0.891. The monoisotopic (exact) mass is 288 g/mol. The highest BCUT2D eigenvalue weighted by Crippen LogP contribution is 2.28. The van der Waals surface area contributed by atoms with Crippen molar-refractivity contribution < 1.29 is 14.0 Å². The Labute approximate surface area is 123 Å². The lowest BCUT2D eigenvalue weighted by Gasteiger charge is -2.21. The first-order chi connectivity index (χ1) is 10.0. The molecule has 1 fully saturated rings. The van der Waals surface area contributed by atoms with E-state index in [1.165, 1.54) is 24.3 Å². The minimum Gasteiger partial charge on any atom is -0.338 e. The lowest BCUT2D eigenvalue weighted by molar-refractivity contribution is -0.122. The number of nitriles is 1. The quantitative estimate of drug-likeness (QED) is 0.847. The van der Waals surface area contributed by atoms with Gasteiger partial charge in [0.25, 0.3) is 0 Å². The maximum atomic E-state index is 12.8. The van der Waals surface area contributed by atoms with E-state index in [0.29, 0.717) is 18.4 Å². The summed E-state index contributed by atoms with van der Waals surface area (Å²) in [7, 11) is 0. The van der Waals surface area contributed by atoms with Gasteiger partial charge in [-0.1, -0.05) is 0 Å². The van der Waals surface area contributed by atoms with Crippen LogP contribution in [0.5, 0.6) is 0 Å². The topological polar surface area (TPSA) is 70.0 Å². The minimum absolute atomic E-state index is 0.0413. The highest BCUT2D eigenvalue weighted by molar-refractivity contribution is 5.98. The number of hydrogen-bond acceptors (Lipinski definition) is 3. The van der Waals surface area contributed by atoms with Gasteiger partial charge >= 0.3 is 0 Å². The number of carbonyl (C=O) groups excluding carboxylic acids is 2. The zero-order valence-corrected chi connectivity index (χ0v) is 11.7. The van der Waals surface area contributed by atoms with Crippen LogP contribution in [0.1, 0.15) is 48.9 Å². The second-order valence-corrected chi connectivity index (χ2v) is 5.38. The van der Waals surface area contributed by atoms with E-state index in [4.69, 9.17) is 0 Å². The molecule has 0 heterocycles. The van der Waals surface area contributed by atoms with E-state index in [1.807, 2.05) is 0 Å². The Kier molecular flexibility index (Phi) is 4.69. The van der Waals surface area contributed by atoms with Crippen molar-refractivity contribution in [2.75, 3.05) is 0 Å². The molecule has 0 saturated heterocycles. The lowest BCUT2D eigenvalue weighted by atomic mass is 9.99. The summed E-state index contributed by atoms with van der Waals surface area (Å²) in [6.45, 7) is 0. The van der Waals surface area contributed by atoms with E-state index in [1.54, 1.807) is 0 Å². The first-order valence-electron chi connectivity index (χ1n) is 7.06. The number of amides is 1. The minimum atomic E-state index is -0.754. The molecular weight excluding hydrogens is 271 g/mol. The largest absolute Gasteiger partial charge is 0.338 e. The lowest BCUT2D eigenvalue weighted by Crippen LogP contribution is -2.45. The van der Waals surface area contributed by atoms with Crippen molar-refractivity contribution >= 4 is 11.7 Å². The molecule has 1 aliphatic rings. The van der Waals surface area contributed by atoms with Crippen LogP contribution in [0.2, 0.25) is 0 Å². The predicted molar refractivity (Wildman–Crippen MR) is 74.9 cm³/mol. The molecule has 0 atom stereocenters. The molecule has 1 amide bonds. The third-order valence-corrected chi connectivity index (χ3v) is 3.80. The van der Waals surface area contributed by atoms with Crippen molar-refractivity contribution in [3.05, 3.63) is 35.6 Å². The molecule has 0 radical (unpaired) electrons. The molecule has 2 rings (SSSR count).